The zero-order valence-corrected chi connectivity index (χ0v) is 21.4. The molecular formula is C26H26Cl2N2O3S. The van der Waals surface area contributed by atoms with Crippen LogP contribution < -0.4 is 0 Å². The van der Waals surface area contributed by atoms with Gasteiger partial charge in [-0.15, -0.1) is 0 Å². The van der Waals surface area contributed by atoms with Crippen LogP contribution in [0.2, 0.25) is 10.0 Å². The molecule has 1 fully saturated rings. The van der Waals surface area contributed by atoms with Gasteiger partial charge in [0.1, 0.15) is 0 Å². The summed E-state index contributed by atoms with van der Waals surface area (Å²) in [5.41, 5.74) is 1.85. The Morgan fingerprint density at radius 1 is 1.12 bits per heavy atom. The van der Waals surface area contributed by atoms with Gasteiger partial charge in [0, 0.05) is 53.1 Å². The van der Waals surface area contributed by atoms with Crippen LogP contribution in [0.15, 0.2) is 58.5 Å². The molecule has 0 N–H and O–H groups in total. The second kappa shape index (κ2) is 10.9. The first-order valence-electron chi connectivity index (χ1n) is 11.2. The summed E-state index contributed by atoms with van der Waals surface area (Å²) in [7, 11) is 2.02. The van der Waals surface area contributed by atoms with E-state index in [0.29, 0.717) is 48.1 Å². The first-order chi connectivity index (χ1) is 16.4. The average molecular weight is 517 g/mol. The van der Waals surface area contributed by atoms with Gasteiger partial charge in [-0.3, -0.25) is 9.59 Å². The molecule has 0 atom stereocenters. The second-order valence-electron chi connectivity index (χ2n) is 8.22. The molecule has 8 heteroatoms. The smallest absolute Gasteiger partial charge is 0.309 e. The number of carbonyl (C=O) groups excluding carboxylic acids is 2. The third kappa shape index (κ3) is 5.45. The number of esters is 1. The fourth-order valence-electron chi connectivity index (χ4n) is 4.07. The van der Waals surface area contributed by atoms with Crippen molar-refractivity contribution >= 4 is 63.8 Å². The molecule has 1 saturated heterocycles. The van der Waals surface area contributed by atoms with Gasteiger partial charge in [-0.1, -0.05) is 41.0 Å². The lowest BCUT2D eigenvalue weighted by molar-refractivity contribution is -0.150. The van der Waals surface area contributed by atoms with Gasteiger partial charge in [0.2, 0.25) is 5.91 Å². The molecule has 178 valence electrons. The number of ether oxygens (including phenoxy) is 1. The molecule has 3 aromatic rings. The van der Waals surface area contributed by atoms with E-state index in [1.165, 1.54) is 17.0 Å². The molecule has 1 aromatic heterocycles. The van der Waals surface area contributed by atoms with Crippen molar-refractivity contribution in [1.82, 2.24) is 9.47 Å². The lowest BCUT2D eigenvalue weighted by atomic mass is 9.97. The SMILES string of the molecule is CCOC(=O)C1CCN(C(=O)C=Cc2ccc(Sc3ccc4c(ccn4C)c3)c(Cl)c2Cl)CC1. The van der Waals surface area contributed by atoms with E-state index in [9.17, 15) is 9.59 Å². The number of halogens is 2. The first-order valence-corrected chi connectivity index (χ1v) is 12.8. The van der Waals surface area contributed by atoms with E-state index >= 15 is 0 Å². The van der Waals surface area contributed by atoms with Gasteiger partial charge in [-0.05, 0) is 61.7 Å². The summed E-state index contributed by atoms with van der Waals surface area (Å²) in [6, 6.07) is 12.2. The molecule has 4 rings (SSSR count). The number of rotatable bonds is 6. The van der Waals surface area contributed by atoms with Crippen molar-refractivity contribution in [2.45, 2.75) is 29.6 Å². The number of hydrogen-bond donors (Lipinski definition) is 0. The summed E-state index contributed by atoms with van der Waals surface area (Å²) in [5, 5.41) is 2.04. The topological polar surface area (TPSA) is 51.5 Å². The van der Waals surface area contributed by atoms with Crippen LogP contribution in [0.3, 0.4) is 0 Å². The minimum absolute atomic E-state index is 0.107. The minimum Gasteiger partial charge on any atom is -0.466 e. The molecule has 2 aromatic carbocycles. The van der Waals surface area contributed by atoms with Crippen LogP contribution in [-0.2, 0) is 21.4 Å². The van der Waals surface area contributed by atoms with Crippen LogP contribution >= 0.6 is 35.0 Å². The van der Waals surface area contributed by atoms with Gasteiger partial charge in [0.05, 0.1) is 22.6 Å². The quantitative estimate of drug-likeness (QED) is 0.279. The lowest BCUT2D eigenvalue weighted by Crippen LogP contribution is -2.39. The maximum Gasteiger partial charge on any atom is 0.309 e. The molecular weight excluding hydrogens is 491 g/mol. The summed E-state index contributed by atoms with van der Waals surface area (Å²) < 4.78 is 7.17. The molecule has 0 unspecified atom stereocenters. The van der Waals surface area contributed by atoms with E-state index in [4.69, 9.17) is 27.9 Å². The monoisotopic (exact) mass is 516 g/mol. The van der Waals surface area contributed by atoms with Gasteiger partial charge in [0.25, 0.3) is 0 Å². The summed E-state index contributed by atoms with van der Waals surface area (Å²) >= 11 is 14.7. The molecule has 0 bridgehead atoms. The highest BCUT2D eigenvalue weighted by atomic mass is 35.5. The number of benzene rings is 2. The predicted molar refractivity (Wildman–Crippen MR) is 138 cm³/mol. The predicted octanol–water partition coefficient (Wildman–Crippen LogP) is 6.45. The highest BCUT2D eigenvalue weighted by molar-refractivity contribution is 7.99. The van der Waals surface area contributed by atoms with Crippen LogP contribution in [-0.4, -0.2) is 41.0 Å². The molecule has 1 amide bonds. The Morgan fingerprint density at radius 2 is 1.88 bits per heavy atom. The standard InChI is InChI=1S/C26H26Cl2N2O3S/c1-3-33-26(32)18-11-14-30(15-12-18)23(31)9-5-17-4-8-22(25(28)24(17)27)34-20-6-7-21-19(16-20)10-13-29(21)2/h4-10,13,16,18H,3,11-12,14-15H2,1-2H3. The first kappa shape index (κ1) is 24.7. The highest BCUT2D eigenvalue weighted by Gasteiger charge is 2.27. The van der Waals surface area contributed by atoms with Crippen molar-refractivity contribution in [3.63, 3.8) is 0 Å². The molecule has 0 saturated carbocycles. The fraction of sp³-hybridized carbons (Fsp3) is 0.308. The fourth-order valence-corrected chi connectivity index (χ4v) is 5.54. The number of carbonyl (C=O) groups is 2. The molecule has 0 spiro atoms. The third-order valence-electron chi connectivity index (χ3n) is 5.99. The third-order valence-corrected chi connectivity index (χ3v) is 8.05. The molecule has 0 aliphatic carbocycles. The number of fused-ring (bicyclic) bond motifs is 1. The van der Waals surface area contributed by atoms with E-state index in [1.807, 2.05) is 25.4 Å². The molecule has 2 heterocycles. The van der Waals surface area contributed by atoms with Crippen LogP contribution in [0, 0.1) is 5.92 Å². The van der Waals surface area contributed by atoms with E-state index in [-0.39, 0.29) is 17.8 Å². The molecule has 1 aliphatic heterocycles. The van der Waals surface area contributed by atoms with Crippen molar-refractivity contribution < 1.29 is 14.3 Å². The number of hydrogen-bond acceptors (Lipinski definition) is 4. The van der Waals surface area contributed by atoms with Crippen LogP contribution in [0.4, 0.5) is 0 Å². The number of nitrogens with zero attached hydrogens (tertiary/aromatic N) is 2. The van der Waals surface area contributed by atoms with Gasteiger partial charge < -0.3 is 14.2 Å². The zero-order valence-electron chi connectivity index (χ0n) is 19.1. The van der Waals surface area contributed by atoms with E-state index < -0.39 is 0 Å². The normalized spacial score (nSPS) is 14.8. The summed E-state index contributed by atoms with van der Waals surface area (Å²) in [6.45, 7) is 3.24. The largest absolute Gasteiger partial charge is 0.466 e. The van der Waals surface area contributed by atoms with Crippen molar-refractivity contribution in [3.05, 3.63) is 64.3 Å². The molecule has 5 nitrogen and oxygen atoms in total. The van der Waals surface area contributed by atoms with Gasteiger partial charge in [-0.25, -0.2) is 0 Å². The van der Waals surface area contributed by atoms with Gasteiger partial charge in [-0.2, -0.15) is 0 Å². The summed E-state index contributed by atoms with van der Waals surface area (Å²) in [4.78, 5) is 28.2. The van der Waals surface area contributed by atoms with E-state index in [1.54, 1.807) is 29.7 Å². The van der Waals surface area contributed by atoms with Crippen molar-refractivity contribution in [2.24, 2.45) is 13.0 Å². The second-order valence-corrected chi connectivity index (χ2v) is 10.1. The van der Waals surface area contributed by atoms with E-state index in [0.717, 1.165) is 9.79 Å². The van der Waals surface area contributed by atoms with Crippen LogP contribution in [0.5, 0.6) is 0 Å². The lowest BCUT2D eigenvalue weighted by Gasteiger charge is -2.30. The molecule has 1 aliphatic rings. The molecule has 34 heavy (non-hydrogen) atoms. The van der Waals surface area contributed by atoms with Crippen molar-refractivity contribution in [1.29, 1.82) is 0 Å². The Kier molecular flexibility index (Phi) is 7.91. The number of amides is 1. The summed E-state index contributed by atoms with van der Waals surface area (Å²) in [6.07, 6.45) is 6.47. The Labute approximate surface area is 213 Å². The maximum absolute atomic E-state index is 12.6. The Morgan fingerprint density at radius 3 is 2.62 bits per heavy atom. The molecule has 0 radical (unpaired) electrons. The Balaban J connectivity index is 1.40. The van der Waals surface area contributed by atoms with Crippen molar-refractivity contribution in [3.8, 4) is 0 Å². The zero-order chi connectivity index (χ0) is 24.2. The summed E-state index contributed by atoms with van der Waals surface area (Å²) in [5.74, 6) is -0.411. The average Bonchev–Trinajstić information content (AvgIpc) is 3.21. The van der Waals surface area contributed by atoms with Crippen LogP contribution in [0.25, 0.3) is 17.0 Å². The minimum atomic E-state index is -0.173. The number of aromatic nitrogens is 1. The number of aryl methyl sites for hydroxylation is 1. The number of likely N-dealkylation sites (tertiary alicyclic amines) is 1. The number of piperidine rings is 1. The van der Waals surface area contributed by atoms with Gasteiger partial charge in [0.15, 0.2) is 0 Å². The van der Waals surface area contributed by atoms with Crippen molar-refractivity contribution in [2.75, 3.05) is 19.7 Å². The Hall–Kier alpha value is -2.41. The Bertz CT molecular complexity index is 1250. The maximum atomic E-state index is 12.6. The van der Waals surface area contributed by atoms with E-state index in [2.05, 4.69) is 28.8 Å². The van der Waals surface area contributed by atoms with Crippen LogP contribution in [0.1, 0.15) is 25.3 Å². The van der Waals surface area contributed by atoms with Gasteiger partial charge >= 0.3 is 5.97 Å². The highest BCUT2D eigenvalue weighted by Crippen LogP contribution is 2.40.